The summed E-state index contributed by atoms with van der Waals surface area (Å²) in [4.78, 5) is 5.45. The van der Waals surface area contributed by atoms with Crippen LogP contribution in [0.1, 0.15) is 56.8 Å². The molecule has 0 aromatic carbocycles. The Morgan fingerprint density at radius 2 is 2.00 bits per heavy atom. The molecule has 1 aromatic heterocycles. The molecule has 2 nitrogen and oxygen atoms in total. The van der Waals surface area contributed by atoms with Gasteiger partial charge in [0.05, 0.1) is 6.04 Å². The standard InChI is InChI=1S/C15H26N2S/c1-10(2)17-9-8-11(16)14(17)12-6-7-13(18-12)15(3,4)5/h6-7,10-11,14H,8-9,16H2,1-5H3. The third-order valence-electron chi connectivity index (χ3n) is 3.80. The van der Waals surface area contributed by atoms with Crippen LogP contribution in [0.3, 0.4) is 0 Å². The molecule has 3 heteroatoms. The van der Waals surface area contributed by atoms with E-state index < -0.39 is 0 Å². The first-order valence-electron chi connectivity index (χ1n) is 6.92. The molecular weight excluding hydrogens is 240 g/mol. The van der Waals surface area contributed by atoms with Gasteiger partial charge in [-0.25, -0.2) is 0 Å². The summed E-state index contributed by atoms with van der Waals surface area (Å²) in [7, 11) is 0. The van der Waals surface area contributed by atoms with Gasteiger partial charge in [-0.2, -0.15) is 0 Å². The van der Waals surface area contributed by atoms with Crippen molar-refractivity contribution in [2.45, 2.75) is 64.6 Å². The van der Waals surface area contributed by atoms with Crippen LogP contribution < -0.4 is 5.73 Å². The highest BCUT2D eigenvalue weighted by Crippen LogP contribution is 2.39. The van der Waals surface area contributed by atoms with E-state index in [1.54, 1.807) is 0 Å². The van der Waals surface area contributed by atoms with E-state index in [4.69, 9.17) is 5.73 Å². The number of rotatable bonds is 2. The van der Waals surface area contributed by atoms with E-state index in [2.05, 4.69) is 51.7 Å². The first-order chi connectivity index (χ1) is 8.30. The number of nitrogens with zero attached hydrogens (tertiary/aromatic N) is 1. The van der Waals surface area contributed by atoms with Gasteiger partial charge in [-0.05, 0) is 37.8 Å². The van der Waals surface area contributed by atoms with Crippen molar-refractivity contribution in [3.05, 3.63) is 21.9 Å². The second-order valence-corrected chi connectivity index (χ2v) is 7.80. The van der Waals surface area contributed by atoms with Gasteiger partial charge in [0, 0.05) is 28.4 Å². The lowest BCUT2D eigenvalue weighted by molar-refractivity contribution is 0.201. The van der Waals surface area contributed by atoms with Crippen LogP contribution in [-0.2, 0) is 5.41 Å². The van der Waals surface area contributed by atoms with Crippen molar-refractivity contribution in [1.82, 2.24) is 4.90 Å². The van der Waals surface area contributed by atoms with Crippen LogP contribution in [0.2, 0.25) is 0 Å². The second-order valence-electron chi connectivity index (χ2n) is 6.68. The molecule has 0 amide bonds. The van der Waals surface area contributed by atoms with Gasteiger partial charge in [-0.15, -0.1) is 11.3 Å². The molecule has 2 N–H and O–H groups in total. The lowest BCUT2D eigenvalue weighted by Gasteiger charge is -2.29. The fraction of sp³-hybridized carbons (Fsp3) is 0.733. The lowest BCUT2D eigenvalue weighted by Crippen LogP contribution is -2.35. The summed E-state index contributed by atoms with van der Waals surface area (Å²) in [5.41, 5.74) is 6.57. The minimum atomic E-state index is 0.244. The predicted molar refractivity (Wildman–Crippen MR) is 80.2 cm³/mol. The van der Waals surface area contributed by atoms with Gasteiger partial charge in [0.15, 0.2) is 0 Å². The SMILES string of the molecule is CC(C)N1CCC(N)C1c1ccc(C(C)(C)C)s1. The zero-order valence-corrected chi connectivity index (χ0v) is 13.1. The monoisotopic (exact) mass is 266 g/mol. The number of likely N-dealkylation sites (tertiary alicyclic amines) is 1. The van der Waals surface area contributed by atoms with Gasteiger partial charge in [-0.3, -0.25) is 4.90 Å². The summed E-state index contributed by atoms with van der Waals surface area (Å²) < 4.78 is 0. The molecule has 0 radical (unpaired) electrons. The number of hydrogen-bond donors (Lipinski definition) is 1. The molecule has 2 unspecified atom stereocenters. The van der Waals surface area contributed by atoms with Crippen molar-refractivity contribution in [3.63, 3.8) is 0 Å². The Labute approximate surface area is 115 Å². The van der Waals surface area contributed by atoms with E-state index >= 15 is 0 Å². The summed E-state index contributed by atoms with van der Waals surface area (Å²) in [5, 5.41) is 0. The van der Waals surface area contributed by atoms with Crippen molar-refractivity contribution < 1.29 is 0 Å². The largest absolute Gasteiger partial charge is 0.326 e. The van der Waals surface area contributed by atoms with Crippen molar-refractivity contribution in [3.8, 4) is 0 Å². The molecule has 2 atom stereocenters. The second kappa shape index (κ2) is 4.95. The van der Waals surface area contributed by atoms with E-state index in [1.165, 1.54) is 9.75 Å². The third-order valence-corrected chi connectivity index (χ3v) is 5.39. The van der Waals surface area contributed by atoms with Gasteiger partial charge in [0.25, 0.3) is 0 Å². The molecule has 1 fully saturated rings. The zero-order chi connectivity index (χ0) is 13.5. The average molecular weight is 266 g/mol. The summed E-state index contributed by atoms with van der Waals surface area (Å²) in [6, 6.07) is 5.86. The topological polar surface area (TPSA) is 29.3 Å². The van der Waals surface area contributed by atoms with Crippen molar-refractivity contribution in [2.75, 3.05) is 6.54 Å². The first-order valence-corrected chi connectivity index (χ1v) is 7.74. The lowest BCUT2D eigenvalue weighted by atomic mass is 9.95. The molecule has 1 aromatic rings. The highest BCUT2D eigenvalue weighted by Gasteiger charge is 2.35. The fourth-order valence-corrected chi connectivity index (χ4v) is 3.97. The number of thiophene rings is 1. The Bertz CT molecular complexity index is 403. The smallest absolute Gasteiger partial charge is 0.0596 e. The van der Waals surface area contributed by atoms with E-state index in [1.807, 2.05) is 11.3 Å². The molecule has 1 aliphatic heterocycles. The van der Waals surface area contributed by atoms with Gasteiger partial charge < -0.3 is 5.73 Å². The van der Waals surface area contributed by atoms with E-state index in [0.29, 0.717) is 18.1 Å². The van der Waals surface area contributed by atoms with Gasteiger partial charge in [0.1, 0.15) is 0 Å². The number of hydrogen-bond acceptors (Lipinski definition) is 3. The molecule has 0 bridgehead atoms. The Kier molecular flexibility index (Phi) is 3.86. The first kappa shape index (κ1) is 14.0. The van der Waals surface area contributed by atoms with Crippen LogP contribution in [0.25, 0.3) is 0 Å². The van der Waals surface area contributed by atoms with Crippen molar-refractivity contribution in [2.24, 2.45) is 5.73 Å². The Morgan fingerprint density at radius 1 is 1.33 bits per heavy atom. The van der Waals surface area contributed by atoms with Gasteiger partial charge >= 0.3 is 0 Å². The molecule has 1 saturated heterocycles. The molecule has 1 aliphatic rings. The van der Waals surface area contributed by atoms with E-state index in [0.717, 1.165) is 13.0 Å². The molecule has 0 aliphatic carbocycles. The molecule has 2 rings (SSSR count). The number of nitrogens with two attached hydrogens (primary N) is 1. The van der Waals surface area contributed by atoms with Crippen LogP contribution in [-0.4, -0.2) is 23.5 Å². The highest BCUT2D eigenvalue weighted by atomic mass is 32.1. The Balaban J connectivity index is 2.27. The zero-order valence-electron chi connectivity index (χ0n) is 12.2. The molecule has 0 spiro atoms. The van der Waals surface area contributed by atoms with Gasteiger partial charge in [-0.1, -0.05) is 20.8 Å². The molecule has 2 heterocycles. The maximum absolute atomic E-state index is 6.32. The highest BCUT2D eigenvalue weighted by molar-refractivity contribution is 7.12. The van der Waals surface area contributed by atoms with Crippen LogP contribution in [0, 0.1) is 0 Å². The maximum Gasteiger partial charge on any atom is 0.0596 e. The van der Waals surface area contributed by atoms with Gasteiger partial charge in [0.2, 0.25) is 0 Å². The van der Waals surface area contributed by atoms with Crippen LogP contribution in [0.4, 0.5) is 0 Å². The summed E-state index contributed by atoms with van der Waals surface area (Å²) in [6.07, 6.45) is 1.12. The Hall–Kier alpha value is -0.380. The maximum atomic E-state index is 6.32. The van der Waals surface area contributed by atoms with Crippen LogP contribution in [0.15, 0.2) is 12.1 Å². The summed E-state index contributed by atoms with van der Waals surface area (Å²) >= 11 is 1.94. The van der Waals surface area contributed by atoms with Crippen LogP contribution >= 0.6 is 11.3 Å². The van der Waals surface area contributed by atoms with Crippen LogP contribution in [0.5, 0.6) is 0 Å². The Morgan fingerprint density at radius 3 is 2.50 bits per heavy atom. The van der Waals surface area contributed by atoms with Crippen molar-refractivity contribution in [1.29, 1.82) is 0 Å². The van der Waals surface area contributed by atoms with Crippen molar-refractivity contribution >= 4 is 11.3 Å². The molecular formula is C15H26N2S. The molecule has 0 saturated carbocycles. The van der Waals surface area contributed by atoms with E-state index in [9.17, 15) is 0 Å². The molecule has 102 valence electrons. The summed E-state index contributed by atoms with van der Waals surface area (Å²) in [5.74, 6) is 0. The fourth-order valence-electron chi connectivity index (χ4n) is 2.71. The predicted octanol–water partition coefficient (Wildman–Crippen LogP) is 3.53. The third kappa shape index (κ3) is 2.63. The minimum absolute atomic E-state index is 0.244. The quantitative estimate of drug-likeness (QED) is 0.887. The molecule has 18 heavy (non-hydrogen) atoms. The summed E-state index contributed by atoms with van der Waals surface area (Å²) in [6.45, 7) is 12.5. The average Bonchev–Trinajstić information content (AvgIpc) is 2.81. The minimum Gasteiger partial charge on any atom is -0.326 e. The van der Waals surface area contributed by atoms with E-state index in [-0.39, 0.29) is 5.41 Å². The normalized spacial score (nSPS) is 26.2.